The number of benzene rings is 1. The van der Waals surface area contributed by atoms with E-state index >= 15 is 0 Å². The van der Waals surface area contributed by atoms with Crippen LogP contribution in [0.3, 0.4) is 0 Å². The Labute approximate surface area is 212 Å². The number of imidazole rings is 1. The lowest BCUT2D eigenvalue weighted by molar-refractivity contribution is -0.141. The first-order valence-electron chi connectivity index (χ1n) is 12.0. The predicted octanol–water partition coefficient (Wildman–Crippen LogP) is 4.77. The molecule has 5 rings (SSSR count). The van der Waals surface area contributed by atoms with Crippen molar-refractivity contribution in [2.24, 2.45) is 0 Å². The zero-order valence-electron chi connectivity index (χ0n) is 20.3. The van der Waals surface area contributed by atoms with Crippen LogP contribution in [0.5, 0.6) is 0 Å². The van der Waals surface area contributed by atoms with Crippen LogP contribution in [-0.2, 0) is 19.1 Å². The van der Waals surface area contributed by atoms with Crippen LogP contribution in [0, 0.1) is 19.3 Å². The normalized spacial score (nSPS) is 14.2. The molecule has 1 aliphatic heterocycles. The fourth-order valence-corrected chi connectivity index (χ4v) is 4.83. The topological polar surface area (TPSA) is 68.3 Å². The molecule has 10 heteroatoms. The molecule has 4 aromatic rings. The molecule has 0 radical (unpaired) electrons. The van der Waals surface area contributed by atoms with Crippen molar-refractivity contribution in [3.05, 3.63) is 71.1 Å². The van der Waals surface area contributed by atoms with Gasteiger partial charge >= 0.3 is 6.18 Å². The maximum Gasteiger partial charge on any atom is 0.435 e. The van der Waals surface area contributed by atoms with Crippen molar-refractivity contribution in [2.75, 3.05) is 13.1 Å². The van der Waals surface area contributed by atoms with Crippen molar-refractivity contribution >= 4 is 11.6 Å². The highest BCUT2D eigenvalue weighted by molar-refractivity contribution is 5.95. The number of hydrogen-bond donors (Lipinski definition) is 0. The van der Waals surface area contributed by atoms with Crippen molar-refractivity contribution in [2.45, 2.75) is 45.3 Å². The number of piperidine rings is 1. The number of aromatic nitrogens is 5. The molecule has 0 bridgehead atoms. The molecule has 37 heavy (non-hydrogen) atoms. The number of rotatable bonds is 5. The van der Waals surface area contributed by atoms with E-state index in [2.05, 4.69) is 21.0 Å². The van der Waals surface area contributed by atoms with Gasteiger partial charge in [0.15, 0.2) is 11.3 Å². The van der Waals surface area contributed by atoms with Crippen molar-refractivity contribution < 1.29 is 18.0 Å². The lowest BCUT2D eigenvalue weighted by Crippen LogP contribution is -2.35. The molecule has 7 nitrogen and oxygen atoms in total. The first-order chi connectivity index (χ1) is 17.8. The predicted molar refractivity (Wildman–Crippen MR) is 132 cm³/mol. The van der Waals surface area contributed by atoms with E-state index in [0.29, 0.717) is 23.3 Å². The van der Waals surface area contributed by atoms with Crippen LogP contribution in [-0.4, -0.2) is 48.0 Å². The Bertz CT molecular complexity index is 1500. The standard InChI is InChI=1S/C27H25F3N6O/c1-3-10-35-17-21(24(33-35)27(28,29)30)23-16-32-25-22(31-9-13-36(23)25)15-19-7-8-20(18(2)14-19)26(37)34-11-5-4-6-12-34/h1,7-9,13-14,16-17H,4-6,10-12,15H2,2H3. The number of amides is 1. The van der Waals surface area contributed by atoms with Gasteiger partial charge in [-0.15, -0.1) is 6.42 Å². The highest BCUT2D eigenvalue weighted by Gasteiger charge is 2.38. The molecule has 3 aromatic heterocycles. The van der Waals surface area contributed by atoms with E-state index < -0.39 is 11.9 Å². The lowest BCUT2D eigenvalue weighted by atomic mass is 10.0. The van der Waals surface area contributed by atoms with E-state index in [4.69, 9.17) is 6.42 Å². The van der Waals surface area contributed by atoms with Crippen LogP contribution in [0.25, 0.3) is 16.9 Å². The van der Waals surface area contributed by atoms with E-state index in [1.807, 2.05) is 30.0 Å². The summed E-state index contributed by atoms with van der Waals surface area (Å²) in [6.07, 6.45) is 10.0. The molecule has 1 aromatic carbocycles. The number of terminal acetylenes is 1. The van der Waals surface area contributed by atoms with E-state index in [0.717, 1.165) is 48.2 Å². The molecule has 1 aliphatic rings. The van der Waals surface area contributed by atoms with Crippen molar-refractivity contribution in [1.29, 1.82) is 0 Å². The van der Waals surface area contributed by atoms with Crippen LogP contribution in [0.4, 0.5) is 13.2 Å². The third-order valence-electron chi connectivity index (χ3n) is 6.60. The van der Waals surface area contributed by atoms with Gasteiger partial charge in [0.05, 0.1) is 23.1 Å². The number of alkyl halides is 3. The van der Waals surface area contributed by atoms with Crippen molar-refractivity contribution in [1.82, 2.24) is 29.0 Å². The molecule has 0 spiro atoms. The molecule has 1 saturated heterocycles. The minimum absolute atomic E-state index is 0.0488. The first kappa shape index (κ1) is 24.6. The lowest BCUT2D eigenvalue weighted by Gasteiger charge is -2.27. The number of carbonyl (C=O) groups is 1. The molecule has 1 amide bonds. The second kappa shape index (κ2) is 9.73. The van der Waals surface area contributed by atoms with Crippen LogP contribution in [0.15, 0.2) is 43.0 Å². The number of halogens is 3. The highest BCUT2D eigenvalue weighted by atomic mass is 19.4. The molecule has 1 fully saturated rings. The SMILES string of the molecule is C#CCn1cc(-c2cnc3c(Cc4ccc(C(=O)N5CCCCC5)c(C)c4)nccn23)c(C(F)(F)F)n1. The molecule has 0 unspecified atom stereocenters. The van der Waals surface area contributed by atoms with Gasteiger partial charge in [-0.25, -0.2) is 4.98 Å². The summed E-state index contributed by atoms with van der Waals surface area (Å²) in [4.78, 5) is 23.7. The van der Waals surface area contributed by atoms with Gasteiger partial charge in [-0.2, -0.15) is 18.3 Å². The Morgan fingerprint density at radius 3 is 2.65 bits per heavy atom. The Kier molecular flexibility index (Phi) is 6.46. The molecule has 0 saturated carbocycles. The Hall–Kier alpha value is -4.13. The molecule has 0 atom stereocenters. The van der Waals surface area contributed by atoms with E-state index in [-0.39, 0.29) is 23.7 Å². The Morgan fingerprint density at radius 2 is 1.95 bits per heavy atom. The highest BCUT2D eigenvalue weighted by Crippen LogP contribution is 2.36. The monoisotopic (exact) mass is 506 g/mol. The van der Waals surface area contributed by atoms with Crippen LogP contribution in [0.2, 0.25) is 0 Å². The minimum Gasteiger partial charge on any atom is -0.339 e. The van der Waals surface area contributed by atoms with Gasteiger partial charge in [0.2, 0.25) is 0 Å². The number of likely N-dealkylation sites (tertiary alicyclic amines) is 1. The summed E-state index contributed by atoms with van der Waals surface area (Å²) in [6, 6.07) is 5.69. The largest absolute Gasteiger partial charge is 0.435 e. The summed E-state index contributed by atoms with van der Waals surface area (Å²) in [5.41, 5.74) is 2.65. The van der Waals surface area contributed by atoms with E-state index in [1.165, 1.54) is 18.6 Å². The maximum atomic E-state index is 13.7. The Balaban J connectivity index is 1.46. The molecule has 0 aliphatic carbocycles. The number of fused-ring (bicyclic) bond motifs is 1. The van der Waals surface area contributed by atoms with Gasteiger partial charge in [-0.05, 0) is 43.4 Å². The fraction of sp³-hybridized carbons (Fsp3) is 0.333. The molecule has 0 N–H and O–H groups in total. The summed E-state index contributed by atoms with van der Waals surface area (Å²) < 4.78 is 43.8. The number of carbonyl (C=O) groups excluding carboxylic acids is 1. The maximum absolute atomic E-state index is 13.7. The third-order valence-corrected chi connectivity index (χ3v) is 6.60. The van der Waals surface area contributed by atoms with Gasteiger partial charge in [-0.1, -0.05) is 18.1 Å². The van der Waals surface area contributed by atoms with E-state index in [1.54, 1.807) is 10.6 Å². The summed E-state index contributed by atoms with van der Waals surface area (Å²) in [7, 11) is 0. The summed E-state index contributed by atoms with van der Waals surface area (Å²) in [5.74, 6) is 2.35. The fourth-order valence-electron chi connectivity index (χ4n) is 4.83. The van der Waals surface area contributed by atoms with Crippen LogP contribution in [0.1, 0.15) is 52.1 Å². The quantitative estimate of drug-likeness (QED) is 0.366. The average molecular weight is 507 g/mol. The second-order valence-electron chi connectivity index (χ2n) is 9.18. The van der Waals surface area contributed by atoms with Crippen LogP contribution >= 0.6 is 0 Å². The number of nitrogens with zero attached hydrogens (tertiary/aromatic N) is 6. The molecular formula is C27H25F3N6O. The average Bonchev–Trinajstić information content (AvgIpc) is 3.49. The summed E-state index contributed by atoms with van der Waals surface area (Å²) >= 11 is 0. The van der Waals surface area contributed by atoms with Gasteiger partial charge in [-0.3, -0.25) is 18.9 Å². The third kappa shape index (κ3) is 4.81. The number of hydrogen-bond acceptors (Lipinski definition) is 4. The summed E-state index contributed by atoms with van der Waals surface area (Å²) in [5, 5.41) is 3.65. The van der Waals surface area contributed by atoms with Crippen molar-refractivity contribution in [3.8, 4) is 23.6 Å². The second-order valence-corrected chi connectivity index (χ2v) is 9.18. The number of aryl methyl sites for hydroxylation is 1. The van der Waals surface area contributed by atoms with Gasteiger partial charge in [0, 0.05) is 43.7 Å². The van der Waals surface area contributed by atoms with E-state index in [9.17, 15) is 18.0 Å². The van der Waals surface area contributed by atoms with Crippen LogP contribution < -0.4 is 0 Å². The summed E-state index contributed by atoms with van der Waals surface area (Å²) in [6.45, 7) is 3.40. The van der Waals surface area contributed by atoms with Gasteiger partial charge in [0.1, 0.15) is 6.54 Å². The Morgan fingerprint density at radius 1 is 1.16 bits per heavy atom. The molecular weight excluding hydrogens is 481 g/mol. The van der Waals surface area contributed by atoms with Gasteiger partial charge < -0.3 is 4.90 Å². The molecule has 190 valence electrons. The zero-order chi connectivity index (χ0) is 26.2. The zero-order valence-corrected chi connectivity index (χ0v) is 20.3. The van der Waals surface area contributed by atoms with Crippen molar-refractivity contribution in [3.63, 3.8) is 0 Å². The molecule has 4 heterocycles. The first-order valence-corrected chi connectivity index (χ1v) is 12.0. The smallest absolute Gasteiger partial charge is 0.339 e. The minimum atomic E-state index is -4.65. The van der Waals surface area contributed by atoms with Gasteiger partial charge in [0.25, 0.3) is 5.91 Å².